The van der Waals surface area contributed by atoms with Crippen LogP contribution in [-0.2, 0) is 0 Å². The smallest absolute Gasteiger partial charge is 0.0482 e. The van der Waals surface area contributed by atoms with Crippen LogP contribution in [0.5, 0.6) is 0 Å². The maximum absolute atomic E-state index is 2.33. The van der Waals surface area contributed by atoms with Crippen LogP contribution in [0.3, 0.4) is 0 Å². The molecule has 11 aromatic carbocycles. The molecular weight excluding hydrogens is 849 g/mol. The first-order chi connectivity index (χ1) is 34.7. The van der Waals surface area contributed by atoms with E-state index in [2.05, 4.69) is 323 Å². The summed E-state index contributed by atoms with van der Waals surface area (Å²) in [6.45, 7) is 0. The van der Waals surface area contributed by atoms with Gasteiger partial charge in [0.25, 0.3) is 0 Å². The zero-order valence-electron chi connectivity index (χ0n) is 38.7. The third kappa shape index (κ3) is 9.31. The van der Waals surface area contributed by atoms with Crippen molar-refractivity contribution in [2.45, 2.75) is 0 Å². The SMILES string of the molecule is c1ccc(N(c2ccccc2)c2ccc(-c3ccc(N(c4ccccc4)c4cccc(N(c5ccccc5)c5ccc(-c6ccc(N(c7ccccc7)c7ccccc7)cc6)cc5)c4)cc3)cc2)cc1. The number of benzene rings is 11. The Balaban J connectivity index is 0.884. The Labute approximate surface area is 411 Å². The molecule has 0 aliphatic heterocycles. The van der Waals surface area contributed by atoms with Crippen LogP contribution in [0.1, 0.15) is 0 Å². The zero-order valence-corrected chi connectivity index (χ0v) is 38.7. The predicted octanol–water partition coefficient (Wildman–Crippen LogP) is 18.9. The number of rotatable bonds is 14. The second-order valence-electron chi connectivity index (χ2n) is 17.1. The quantitative estimate of drug-likeness (QED) is 0.108. The van der Waals surface area contributed by atoms with Gasteiger partial charge in [-0.2, -0.15) is 0 Å². The van der Waals surface area contributed by atoms with E-state index in [1.54, 1.807) is 0 Å². The first kappa shape index (κ1) is 43.2. The number of nitrogens with zero attached hydrogens (tertiary/aromatic N) is 4. The summed E-state index contributed by atoms with van der Waals surface area (Å²) in [5.74, 6) is 0. The standard InChI is InChI=1S/C66H50N4/c1-7-20-55(21-8-1)67(56-22-9-2-10-23-56)61-42-34-51(35-43-61)53-38-46-63(47-39-53)69(59-28-15-5-16-29-59)65-32-19-33-66(50-65)70(60-30-17-6-18-31-60)64-48-40-54(41-49-64)52-36-44-62(45-37-52)68(57-24-11-3-12-25-57)58-26-13-4-14-27-58/h1-50H. The van der Waals surface area contributed by atoms with Crippen LogP contribution in [0, 0.1) is 0 Å². The molecule has 4 heteroatoms. The van der Waals surface area contributed by atoms with Gasteiger partial charge in [-0.25, -0.2) is 0 Å². The topological polar surface area (TPSA) is 13.0 Å². The van der Waals surface area contributed by atoms with Crippen LogP contribution in [-0.4, -0.2) is 0 Å². The average Bonchev–Trinajstić information content (AvgIpc) is 3.44. The zero-order chi connectivity index (χ0) is 46.9. The summed E-state index contributed by atoms with van der Waals surface area (Å²) in [5, 5.41) is 0. The van der Waals surface area contributed by atoms with Crippen LogP contribution < -0.4 is 19.6 Å². The molecule has 11 rings (SSSR count). The molecule has 0 saturated carbocycles. The molecule has 70 heavy (non-hydrogen) atoms. The highest BCUT2D eigenvalue weighted by atomic mass is 15.2. The third-order valence-corrected chi connectivity index (χ3v) is 12.6. The Hall–Kier alpha value is -9.38. The minimum atomic E-state index is 1.06. The van der Waals surface area contributed by atoms with Crippen molar-refractivity contribution in [2.24, 2.45) is 0 Å². The molecule has 0 unspecified atom stereocenters. The van der Waals surface area contributed by atoms with Crippen molar-refractivity contribution < 1.29 is 0 Å². The highest BCUT2D eigenvalue weighted by molar-refractivity contribution is 5.85. The maximum atomic E-state index is 2.33. The van der Waals surface area contributed by atoms with Crippen LogP contribution in [0.4, 0.5) is 68.2 Å². The van der Waals surface area contributed by atoms with Crippen LogP contribution in [0.15, 0.2) is 303 Å². The molecule has 0 fully saturated rings. The van der Waals surface area contributed by atoms with Gasteiger partial charge < -0.3 is 19.6 Å². The number of anilines is 12. The second-order valence-corrected chi connectivity index (χ2v) is 17.1. The highest BCUT2D eigenvalue weighted by Gasteiger charge is 2.19. The fourth-order valence-electron chi connectivity index (χ4n) is 9.23. The van der Waals surface area contributed by atoms with Gasteiger partial charge in [0.1, 0.15) is 0 Å². The van der Waals surface area contributed by atoms with E-state index in [1.807, 2.05) is 0 Å². The molecule has 0 amide bonds. The molecule has 0 heterocycles. The maximum Gasteiger partial charge on any atom is 0.0482 e. The Bertz CT molecular complexity index is 3060. The van der Waals surface area contributed by atoms with E-state index < -0.39 is 0 Å². The van der Waals surface area contributed by atoms with Gasteiger partial charge >= 0.3 is 0 Å². The van der Waals surface area contributed by atoms with E-state index in [0.717, 1.165) is 90.5 Å². The summed E-state index contributed by atoms with van der Waals surface area (Å²) in [5.41, 5.74) is 17.7. The van der Waals surface area contributed by atoms with Crippen molar-refractivity contribution in [1.29, 1.82) is 0 Å². The summed E-state index contributed by atoms with van der Waals surface area (Å²) in [6.07, 6.45) is 0. The van der Waals surface area contributed by atoms with Crippen molar-refractivity contribution >= 4 is 68.2 Å². The predicted molar refractivity (Wildman–Crippen MR) is 296 cm³/mol. The van der Waals surface area contributed by atoms with E-state index in [0.29, 0.717) is 0 Å². The molecule has 0 aromatic heterocycles. The Morgan fingerprint density at radius 3 is 0.486 bits per heavy atom. The Morgan fingerprint density at radius 2 is 0.286 bits per heavy atom. The van der Waals surface area contributed by atoms with Crippen molar-refractivity contribution in [3.8, 4) is 22.3 Å². The van der Waals surface area contributed by atoms with Crippen molar-refractivity contribution in [3.63, 3.8) is 0 Å². The molecule has 0 N–H and O–H groups in total. The molecule has 0 bridgehead atoms. The Kier molecular flexibility index (Phi) is 12.5. The highest BCUT2D eigenvalue weighted by Crippen LogP contribution is 2.42. The van der Waals surface area contributed by atoms with Gasteiger partial charge in [0, 0.05) is 68.2 Å². The lowest BCUT2D eigenvalue weighted by molar-refractivity contribution is 1.25. The van der Waals surface area contributed by atoms with Gasteiger partial charge in [-0.15, -0.1) is 0 Å². The van der Waals surface area contributed by atoms with Gasteiger partial charge in [0.2, 0.25) is 0 Å². The first-order valence-corrected chi connectivity index (χ1v) is 23.8. The second kappa shape index (κ2) is 20.2. The van der Waals surface area contributed by atoms with E-state index in [1.165, 1.54) is 0 Å². The van der Waals surface area contributed by atoms with Gasteiger partial charge in [0.15, 0.2) is 0 Å². The summed E-state index contributed by atoms with van der Waals surface area (Å²) in [6, 6.07) is 108. The molecular formula is C66H50N4. The van der Waals surface area contributed by atoms with Crippen LogP contribution >= 0.6 is 0 Å². The summed E-state index contributed by atoms with van der Waals surface area (Å²) < 4.78 is 0. The summed E-state index contributed by atoms with van der Waals surface area (Å²) >= 11 is 0. The largest absolute Gasteiger partial charge is 0.311 e. The molecule has 0 saturated heterocycles. The molecule has 0 radical (unpaired) electrons. The molecule has 0 aliphatic rings. The summed E-state index contributed by atoms with van der Waals surface area (Å²) in [4.78, 5) is 9.25. The minimum Gasteiger partial charge on any atom is -0.311 e. The average molecular weight is 899 g/mol. The molecule has 0 spiro atoms. The number of para-hydroxylation sites is 6. The molecule has 334 valence electrons. The van der Waals surface area contributed by atoms with Gasteiger partial charge in [-0.3, -0.25) is 0 Å². The van der Waals surface area contributed by atoms with Crippen LogP contribution in [0.25, 0.3) is 22.3 Å². The number of hydrogen-bond acceptors (Lipinski definition) is 4. The lowest BCUT2D eigenvalue weighted by atomic mass is 10.0. The molecule has 0 atom stereocenters. The summed E-state index contributed by atoms with van der Waals surface area (Å²) in [7, 11) is 0. The van der Waals surface area contributed by atoms with Crippen molar-refractivity contribution in [1.82, 2.24) is 0 Å². The lowest BCUT2D eigenvalue weighted by Gasteiger charge is -2.29. The van der Waals surface area contributed by atoms with Crippen LogP contribution in [0.2, 0.25) is 0 Å². The van der Waals surface area contributed by atoms with Gasteiger partial charge in [-0.05, 0) is 162 Å². The number of hydrogen-bond donors (Lipinski definition) is 0. The van der Waals surface area contributed by atoms with Gasteiger partial charge in [0.05, 0.1) is 0 Å². The van der Waals surface area contributed by atoms with E-state index in [-0.39, 0.29) is 0 Å². The Morgan fingerprint density at radius 1 is 0.129 bits per heavy atom. The molecule has 0 aliphatic carbocycles. The molecule has 4 nitrogen and oxygen atoms in total. The van der Waals surface area contributed by atoms with E-state index >= 15 is 0 Å². The first-order valence-electron chi connectivity index (χ1n) is 23.8. The monoisotopic (exact) mass is 898 g/mol. The van der Waals surface area contributed by atoms with E-state index in [9.17, 15) is 0 Å². The third-order valence-electron chi connectivity index (χ3n) is 12.6. The van der Waals surface area contributed by atoms with E-state index in [4.69, 9.17) is 0 Å². The van der Waals surface area contributed by atoms with Gasteiger partial charge in [-0.1, -0.05) is 164 Å². The van der Waals surface area contributed by atoms with Crippen molar-refractivity contribution in [3.05, 3.63) is 303 Å². The normalized spacial score (nSPS) is 10.9. The minimum absolute atomic E-state index is 1.06. The lowest BCUT2D eigenvalue weighted by Crippen LogP contribution is -2.13. The fourth-order valence-corrected chi connectivity index (χ4v) is 9.23. The van der Waals surface area contributed by atoms with Crippen molar-refractivity contribution in [2.75, 3.05) is 19.6 Å². The molecule has 11 aromatic rings. The fraction of sp³-hybridized carbons (Fsp3) is 0.